The zero-order valence-electron chi connectivity index (χ0n) is 27.8. The molecule has 7 rings (SSSR count). The van der Waals surface area contributed by atoms with Crippen LogP contribution in [-0.4, -0.2) is 92.7 Å². The molecule has 2 atom stereocenters. The molecule has 50 heavy (non-hydrogen) atoms. The summed E-state index contributed by atoms with van der Waals surface area (Å²) in [6, 6.07) is 26.1. The van der Waals surface area contributed by atoms with Crippen molar-refractivity contribution in [3.63, 3.8) is 0 Å². The molecule has 2 aliphatic heterocycles. The number of benzene rings is 3. The molecule has 268 valence electrons. The van der Waals surface area contributed by atoms with E-state index in [2.05, 4.69) is 78.8 Å². The smallest absolute Gasteiger partial charge is 0.453 e. The first-order chi connectivity index (χ1) is 23.3. The summed E-state index contributed by atoms with van der Waals surface area (Å²) in [7, 11) is 1.56. The molecule has 0 bridgehead atoms. The number of carbonyl (C=O) groups excluding carboxylic acids is 1. The average molecular weight is 733 g/mol. The predicted octanol–water partition coefficient (Wildman–Crippen LogP) is 6.25. The van der Waals surface area contributed by atoms with Gasteiger partial charge in [-0.05, 0) is 52.6 Å². The molecule has 9 nitrogen and oxygen atoms in total. The van der Waals surface area contributed by atoms with Crippen molar-refractivity contribution >= 4 is 30.7 Å². The number of hydrogen-bond acceptors (Lipinski definition) is 7. The predicted molar refractivity (Wildman–Crippen MR) is 188 cm³/mol. The summed E-state index contributed by atoms with van der Waals surface area (Å²) in [5.41, 5.74) is 3.38. The minimum atomic E-state index is -4.71. The molecule has 1 aliphatic carbocycles. The van der Waals surface area contributed by atoms with Crippen LogP contribution in [0.25, 0.3) is 5.69 Å². The molecule has 3 aromatic carbocycles. The van der Waals surface area contributed by atoms with Crippen LogP contribution in [-0.2, 0) is 17.5 Å². The number of ether oxygens (including phenoxy) is 1. The van der Waals surface area contributed by atoms with Gasteiger partial charge in [-0.3, -0.25) is 14.6 Å². The summed E-state index contributed by atoms with van der Waals surface area (Å²) in [4.78, 5) is 20.7. The van der Waals surface area contributed by atoms with Gasteiger partial charge in [-0.2, -0.15) is 17.9 Å². The molecular weight excluding hydrogens is 690 g/mol. The van der Waals surface area contributed by atoms with Gasteiger partial charge in [-0.25, -0.2) is 0 Å². The van der Waals surface area contributed by atoms with Crippen LogP contribution < -0.4 is 4.74 Å². The number of tetrazole rings is 1. The molecule has 14 heteroatoms. The second kappa shape index (κ2) is 16.1. The van der Waals surface area contributed by atoms with E-state index in [0.29, 0.717) is 38.5 Å². The van der Waals surface area contributed by atoms with Gasteiger partial charge in [0.1, 0.15) is 5.75 Å². The number of carbonyl (C=O) groups is 1. The van der Waals surface area contributed by atoms with E-state index < -0.39 is 12.0 Å². The van der Waals surface area contributed by atoms with Gasteiger partial charge in [-0.15, -0.1) is 29.9 Å². The van der Waals surface area contributed by atoms with E-state index >= 15 is 0 Å². The molecule has 0 spiro atoms. The molecule has 0 N–H and O–H groups in total. The van der Waals surface area contributed by atoms with E-state index in [9.17, 15) is 18.0 Å². The van der Waals surface area contributed by atoms with Crippen LogP contribution in [0.4, 0.5) is 13.2 Å². The molecule has 3 aliphatic rings. The number of rotatable bonds is 8. The van der Waals surface area contributed by atoms with Gasteiger partial charge in [-0.1, -0.05) is 73.5 Å². The van der Waals surface area contributed by atoms with Crippen molar-refractivity contribution < 1.29 is 22.7 Å². The van der Waals surface area contributed by atoms with Gasteiger partial charge >= 0.3 is 6.18 Å². The van der Waals surface area contributed by atoms with Gasteiger partial charge in [0.2, 0.25) is 5.91 Å². The standard InChI is InChI=1S/C36H40F3N7O2.2ClH/c1-48-32-17-16-29(46-35(36(37,38)39)40-41-42-46)20-28(32)21-43-22-30-23-44(34(47)27-14-8-9-15-27)18-19-45(30)31(24-43)33(25-10-4-2-5-11-25)26-12-6-3-7-13-26;;/h2-7,10-13,16-17,20,27,30-31,33H,8-9,14-15,18-19,21-24H2,1H3;2*1H/t30-,31?;;/m1../s1. The highest BCUT2D eigenvalue weighted by Gasteiger charge is 2.44. The third-order valence-corrected chi connectivity index (χ3v) is 10.2. The summed E-state index contributed by atoms with van der Waals surface area (Å²) in [6.45, 7) is 4.00. The minimum Gasteiger partial charge on any atom is -0.496 e. The number of alkyl halides is 3. The summed E-state index contributed by atoms with van der Waals surface area (Å²) < 4.78 is 47.5. The molecule has 3 heterocycles. The van der Waals surface area contributed by atoms with Gasteiger partial charge in [0.15, 0.2) is 0 Å². The Kier molecular flexibility index (Phi) is 12.1. The van der Waals surface area contributed by atoms with Gasteiger partial charge in [0.25, 0.3) is 5.82 Å². The lowest BCUT2D eigenvalue weighted by atomic mass is 9.81. The lowest BCUT2D eigenvalue weighted by molar-refractivity contribution is -0.146. The minimum absolute atomic E-state index is 0. The largest absolute Gasteiger partial charge is 0.496 e. The maximum absolute atomic E-state index is 13.7. The van der Waals surface area contributed by atoms with E-state index in [1.807, 2.05) is 12.1 Å². The Morgan fingerprint density at radius 2 is 1.56 bits per heavy atom. The fraction of sp³-hybridized carbons (Fsp3) is 0.444. The highest BCUT2D eigenvalue weighted by atomic mass is 35.5. The van der Waals surface area contributed by atoms with Gasteiger partial charge in [0.05, 0.1) is 12.8 Å². The molecule has 3 fully saturated rings. The molecular formula is C36H42Cl2F3N7O2. The van der Waals surface area contributed by atoms with Crippen molar-refractivity contribution in [2.75, 3.05) is 39.8 Å². The Morgan fingerprint density at radius 1 is 0.900 bits per heavy atom. The van der Waals surface area contributed by atoms with Gasteiger partial charge in [0, 0.05) is 68.8 Å². The number of amides is 1. The molecule has 0 radical (unpaired) electrons. The van der Waals surface area contributed by atoms with Crippen LogP contribution in [0.5, 0.6) is 5.75 Å². The summed E-state index contributed by atoms with van der Waals surface area (Å²) >= 11 is 0. The Morgan fingerprint density at radius 3 is 2.18 bits per heavy atom. The third kappa shape index (κ3) is 7.78. The highest BCUT2D eigenvalue weighted by molar-refractivity contribution is 5.85. The first-order valence-electron chi connectivity index (χ1n) is 16.7. The van der Waals surface area contributed by atoms with E-state index in [-0.39, 0.29) is 60.3 Å². The molecule has 2 saturated heterocycles. The number of fused-ring (bicyclic) bond motifs is 1. The fourth-order valence-electron chi connectivity index (χ4n) is 8.02. The second-order valence-corrected chi connectivity index (χ2v) is 13.1. The number of aromatic nitrogens is 4. The Bertz CT molecular complexity index is 1670. The monoisotopic (exact) mass is 731 g/mol. The molecule has 1 saturated carbocycles. The summed E-state index contributed by atoms with van der Waals surface area (Å²) in [5, 5.41) is 10.2. The quantitative estimate of drug-likeness (QED) is 0.212. The van der Waals surface area contributed by atoms with E-state index in [4.69, 9.17) is 4.74 Å². The number of halogens is 5. The number of methoxy groups -OCH3 is 1. The first-order valence-corrected chi connectivity index (χ1v) is 16.7. The number of piperazine rings is 2. The number of hydrogen-bond donors (Lipinski definition) is 0. The Hall–Kier alpha value is -3.71. The van der Waals surface area contributed by atoms with Crippen LogP contribution >= 0.6 is 24.8 Å². The Balaban J connectivity index is 0.00000243. The van der Waals surface area contributed by atoms with Gasteiger partial charge < -0.3 is 9.64 Å². The summed E-state index contributed by atoms with van der Waals surface area (Å²) in [6.07, 6.45) is -0.547. The molecule has 1 amide bonds. The molecule has 4 aromatic rings. The maximum atomic E-state index is 13.7. The molecule has 1 unspecified atom stereocenters. The summed E-state index contributed by atoms with van der Waals surface area (Å²) in [5.74, 6) is -0.148. The lowest BCUT2D eigenvalue weighted by Gasteiger charge is -2.54. The van der Waals surface area contributed by atoms with Crippen molar-refractivity contribution in [1.29, 1.82) is 0 Å². The topological polar surface area (TPSA) is 79.6 Å². The van der Waals surface area contributed by atoms with E-state index in [0.717, 1.165) is 42.5 Å². The first kappa shape index (κ1) is 37.5. The number of nitrogens with zero attached hydrogens (tertiary/aromatic N) is 7. The SMILES string of the molecule is COc1ccc(-n2nnnc2C(F)(F)F)cc1CN1CC(C(c2ccccc2)c2ccccc2)N2CCN(C(=O)C3CCCC3)C[C@H]2C1.Cl.Cl. The third-order valence-electron chi connectivity index (χ3n) is 10.2. The van der Waals surface area contributed by atoms with Crippen LogP contribution in [0.1, 0.15) is 54.1 Å². The van der Waals surface area contributed by atoms with E-state index in [1.54, 1.807) is 19.2 Å². The van der Waals surface area contributed by atoms with Crippen molar-refractivity contribution in [1.82, 2.24) is 34.9 Å². The van der Waals surface area contributed by atoms with Crippen molar-refractivity contribution in [3.8, 4) is 11.4 Å². The van der Waals surface area contributed by atoms with Crippen molar-refractivity contribution in [2.45, 2.75) is 56.4 Å². The maximum Gasteiger partial charge on any atom is 0.453 e. The normalized spacial score (nSPS) is 20.2. The Labute approximate surface area is 302 Å². The zero-order chi connectivity index (χ0) is 33.3. The molecule has 1 aromatic heterocycles. The fourth-order valence-corrected chi connectivity index (χ4v) is 8.02. The highest BCUT2D eigenvalue weighted by Crippen LogP contribution is 2.38. The zero-order valence-corrected chi connectivity index (χ0v) is 29.4. The lowest BCUT2D eigenvalue weighted by Crippen LogP contribution is -2.67. The van der Waals surface area contributed by atoms with Crippen LogP contribution in [0.2, 0.25) is 0 Å². The van der Waals surface area contributed by atoms with Crippen molar-refractivity contribution in [2.24, 2.45) is 5.92 Å². The van der Waals surface area contributed by atoms with Crippen LogP contribution in [0, 0.1) is 5.92 Å². The van der Waals surface area contributed by atoms with E-state index in [1.165, 1.54) is 17.2 Å². The van der Waals surface area contributed by atoms with Crippen LogP contribution in [0.15, 0.2) is 78.9 Å². The average Bonchev–Trinajstić information content (AvgIpc) is 3.83. The van der Waals surface area contributed by atoms with Crippen LogP contribution in [0.3, 0.4) is 0 Å². The van der Waals surface area contributed by atoms with Crippen molar-refractivity contribution in [3.05, 3.63) is 101 Å². The second-order valence-electron chi connectivity index (χ2n) is 13.1.